The molecule has 0 unspecified atom stereocenters. The van der Waals surface area contributed by atoms with Crippen LogP contribution in [0.25, 0.3) is 0 Å². The molecular weight excluding hydrogens is 290 g/mol. The summed E-state index contributed by atoms with van der Waals surface area (Å²) in [7, 11) is -1.49. The summed E-state index contributed by atoms with van der Waals surface area (Å²) in [5.41, 5.74) is 0.000206. The zero-order valence-corrected chi connectivity index (χ0v) is 13.0. The molecule has 2 rings (SSSR count). The number of benzene rings is 1. The van der Waals surface area contributed by atoms with Gasteiger partial charge >= 0.3 is 5.97 Å². The average molecular weight is 311 g/mol. The van der Waals surface area contributed by atoms with E-state index < -0.39 is 15.8 Å². The lowest BCUT2D eigenvalue weighted by molar-refractivity contribution is 0.0696. The number of rotatable bonds is 6. The van der Waals surface area contributed by atoms with Crippen molar-refractivity contribution in [1.29, 1.82) is 0 Å². The average Bonchev–Trinajstić information content (AvgIpc) is 2.99. The molecule has 0 atom stereocenters. The van der Waals surface area contributed by atoms with Gasteiger partial charge in [-0.05, 0) is 38.1 Å². The minimum absolute atomic E-state index is 0.000206. The monoisotopic (exact) mass is 311 g/mol. The summed E-state index contributed by atoms with van der Waals surface area (Å²) >= 11 is 0. The third kappa shape index (κ3) is 4.04. The van der Waals surface area contributed by atoms with E-state index in [9.17, 15) is 13.2 Å². The molecule has 1 aromatic rings. The highest BCUT2D eigenvalue weighted by Gasteiger charge is 2.22. The summed E-state index contributed by atoms with van der Waals surface area (Å²) in [6.45, 7) is 0.476. The fraction of sp³-hybridized carbons (Fsp3) is 0.533. The third-order valence-corrected chi connectivity index (χ3v) is 5.79. The second-order valence-corrected chi connectivity index (χ2v) is 7.68. The maximum Gasteiger partial charge on any atom is 0.335 e. The van der Waals surface area contributed by atoms with E-state index in [1.54, 1.807) is 0 Å². The number of sulfone groups is 1. The predicted molar refractivity (Wildman–Crippen MR) is 80.3 cm³/mol. The Kier molecular flexibility index (Phi) is 5.00. The first-order valence-electron chi connectivity index (χ1n) is 7.16. The first-order valence-corrected chi connectivity index (χ1v) is 8.82. The minimum atomic E-state index is -3.45. The molecule has 0 aromatic heterocycles. The Morgan fingerprint density at radius 1 is 1.33 bits per heavy atom. The van der Waals surface area contributed by atoms with Gasteiger partial charge in [-0.15, -0.1) is 0 Å². The number of carboxylic acids is 1. The van der Waals surface area contributed by atoms with Gasteiger partial charge in [-0.1, -0.05) is 18.9 Å². The summed E-state index contributed by atoms with van der Waals surface area (Å²) < 4.78 is 24.6. The Bertz CT molecular complexity index is 606. The van der Waals surface area contributed by atoms with E-state index in [2.05, 4.69) is 4.90 Å². The fourth-order valence-electron chi connectivity index (χ4n) is 2.73. The topological polar surface area (TPSA) is 74.7 Å². The van der Waals surface area contributed by atoms with Crippen molar-refractivity contribution in [3.8, 4) is 0 Å². The van der Waals surface area contributed by atoms with Crippen LogP contribution in [-0.2, 0) is 9.84 Å². The lowest BCUT2D eigenvalue weighted by Gasteiger charge is -2.23. The Morgan fingerprint density at radius 3 is 2.62 bits per heavy atom. The van der Waals surface area contributed by atoms with Gasteiger partial charge in [0.15, 0.2) is 9.84 Å². The summed E-state index contributed by atoms with van der Waals surface area (Å²) in [4.78, 5) is 13.1. The molecule has 0 radical (unpaired) electrons. The van der Waals surface area contributed by atoms with Gasteiger partial charge in [-0.3, -0.25) is 0 Å². The van der Waals surface area contributed by atoms with Crippen LogP contribution in [0.2, 0.25) is 0 Å². The Morgan fingerprint density at radius 2 is 2.00 bits per heavy atom. The highest BCUT2D eigenvalue weighted by Crippen LogP contribution is 2.22. The summed E-state index contributed by atoms with van der Waals surface area (Å²) in [6, 6.07) is 6.03. The lowest BCUT2D eigenvalue weighted by Crippen LogP contribution is -2.33. The van der Waals surface area contributed by atoms with Crippen molar-refractivity contribution < 1.29 is 18.3 Å². The van der Waals surface area contributed by atoms with Crippen molar-refractivity contribution in [2.24, 2.45) is 0 Å². The number of aromatic carboxylic acids is 1. The van der Waals surface area contributed by atoms with Gasteiger partial charge in [-0.25, -0.2) is 13.2 Å². The van der Waals surface area contributed by atoms with Gasteiger partial charge in [0, 0.05) is 12.6 Å². The minimum Gasteiger partial charge on any atom is -0.478 e. The first-order chi connectivity index (χ1) is 9.90. The third-order valence-electron chi connectivity index (χ3n) is 4.10. The molecule has 6 heteroatoms. The number of hydrogen-bond acceptors (Lipinski definition) is 4. The van der Waals surface area contributed by atoms with Gasteiger partial charge in [0.2, 0.25) is 0 Å². The Labute approximate surface area is 125 Å². The molecule has 1 N–H and O–H groups in total. The molecule has 1 aliphatic rings. The molecule has 1 fully saturated rings. The second kappa shape index (κ2) is 6.58. The van der Waals surface area contributed by atoms with E-state index in [0.29, 0.717) is 12.6 Å². The van der Waals surface area contributed by atoms with Crippen LogP contribution >= 0.6 is 0 Å². The van der Waals surface area contributed by atoms with E-state index in [-0.39, 0.29) is 16.2 Å². The Balaban J connectivity index is 2.04. The van der Waals surface area contributed by atoms with Gasteiger partial charge < -0.3 is 10.0 Å². The molecule has 0 amide bonds. The van der Waals surface area contributed by atoms with Crippen LogP contribution < -0.4 is 0 Å². The molecule has 1 saturated carbocycles. The van der Waals surface area contributed by atoms with Crippen molar-refractivity contribution in [2.75, 3.05) is 19.3 Å². The maximum absolute atomic E-state index is 12.3. The smallest absolute Gasteiger partial charge is 0.335 e. The molecule has 1 aromatic carbocycles. The molecule has 1 aliphatic carbocycles. The Hall–Kier alpha value is -1.40. The fourth-order valence-corrected chi connectivity index (χ4v) is 4.09. The van der Waals surface area contributed by atoms with E-state index >= 15 is 0 Å². The molecule has 0 heterocycles. The van der Waals surface area contributed by atoms with Crippen LogP contribution in [0.15, 0.2) is 29.2 Å². The number of hydrogen-bond donors (Lipinski definition) is 1. The summed E-state index contributed by atoms with van der Waals surface area (Å²) in [5.74, 6) is -1.10. The molecule has 5 nitrogen and oxygen atoms in total. The van der Waals surface area contributed by atoms with Crippen molar-refractivity contribution >= 4 is 15.8 Å². The molecule has 0 aliphatic heterocycles. The zero-order valence-electron chi connectivity index (χ0n) is 12.2. The van der Waals surface area contributed by atoms with Crippen LogP contribution in [0.5, 0.6) is 0 Å². The van der Waals surface area contributed by atoms with Crippen LogP contribution in [0.3, 0.4) is 0 Å². The molecule has 0 spiro atoms. The molecule has 0 bridgehead atoms. The summed E-state index contributed by atoms with van der Waals surface area (Å²) in [5, 5.41) is 8.93. The van der Waals surface area contributed by atoms with E-state index in [0.717, 1.165) is 12.8 Å². The standard InChI is InChI=1S/C15H21NO4S/c1-16(13-6-2-3-7-13)9-10-21(19,20)14-8-4-5-12(11-14)15(17)18/h4-5,8,11,13H,2-3,6-7,9-10H2,1H3,(H,17,18). The van der Waals surface area contributed by atoms with Crippen molar-refractivity contribution in [2.45, 2.75) is 36.6 Å². The van der Waals surface area contributed by atoms with Crippen molar-refractivity contribution in [3.05, 3.63) is 29.8 Å². The van der Waals surface area contributed by atoms with Crippen LogP contribution in [0.1, 0.15) is 36.0 Å². The quantitative estimate of drug-likeness (QED) is 0.870. The SMILES string of the molecule is CN(CCS(=O)(=O)c1cccc(C(=O)O)c1)C1CCCC1. The predicted octanol–water partition coefficient (Wildman–Crippen LogP) is 2.03. The molecule has 116 valence electrons. The number of carbonyl (C=O) groups is 1. The van der Waals surface area contributed by atoms with Crippen LogP contribution in [0.4, 0.5) is 0 Å². The van der Waals surface area contributed by atoms with E-state index in [4.69, 9.17) is 5.11 Å². The van der Waals surface area contributed by atoms with Crippen molar-refractivity contribution in [1.82, 2.24) is 4.90 Å². The van der Waals surface area contributed by atoms with Gasteiger partial charge in [0.1, 0.15) is 0 Å². The maximum atomic E-state index is 12.3. The van der Waals surface area contributed by atoms with E-state index in [1.807, 2.05) is 7.05 Å². The van der Waals surface area contributed by atoms with Crippen LogP contribution in [-0.4, -0.2) is 49.8 Å². The lowest BCUT2D eigenvalue weighted by atomic mass is 10.2. The van der Waals surface area contributed by atoms with E-state index in [1.165, 1.54) is 37.1 Å². The number of nitrogens with zero attached hydrogens (tertiary/aromatic N) is 1. The van der Waals surface area contributed by atoms with Crippen LogP contribution in [0, 0.1) is 0 Å². The molecule has 21 heavy (non-hydrogen) atoms. The first kappa shape index (κ1) is 16.0. The highest BCUT2D eigenvalue weighted by molar-refractivity contribution is 7.91. The largest absolute Gasteiger partial charge is 0.478 e. The van der Waals surface area contributed by atoms with Gasteiger partial charge in [-0.2, -0.15) is 0 Å². The zero-order chi connectivity index (χ0) is 15.5. The van der Waals surface area contributed by atoms with Crippen molar-refractivity contribution in [3.63, 3.8) is 0 Å². The highest BCUT2D eigenvalue weighted by atomic mass is 32.2. The summed E-state index contributed by atoms with van der Waals surface area (Å²) in [6.07, 6.45) is 4.68. The number of carboxylic acid groups (broad SMARTS) is 1. The van der Waals surface area contributed by atoms with Gasteiger partial charge in [0.25, 0.3) is 0 Å². The molecule has 0 saturated heterocycles. The normalized spacial score (nSPS) is 16.5. The second-order valence-electron chi connectivity index (χ2n) is 5.57. The van der Waals surface area contributed by atoms with Gasteiger partial charge in [0.05, 0.1) is 16.2 Å². The molecular formula is C15H21NO4S.